The first-order chi connectivity index (χ1) is 12.5. The van der Waals surface area contributed by atoms with E-state index in [9.17, 15) is 9.59 Å². The van der Waals surface area contributed by atoms with Crippen molar-refractivity contribution in [1.82, 2.24) is 4.90 Å². The molecule has 1 aliphatic heterocycles. The number of anilines is 1. The zero-order valence-electron chi connectivity index (χ0n) is 14.8. The van der Waals surface area contributed by atoms with E-state index in [2.05, 4.69) is 21.2 Å². The second-order valence-electron chi connectivity index (χ2n) is 6.43. The number of halogens is 1. The first kappa shape index (κ1) is 18.6. The number of ether oxygens (including phenoxy) is 1. The van der Waals surface area contributed by atoms with Crippen molar-refractivity contribution < 1.29 is 14.3 Å². The van der Waals surface area contributed by atoms with Crippen molar-refractivity contribution in [3.63, 3.8) is 0 Å². The molecule has 3 rings (SSSR count). The summed E-state index contributed by atoms with van der Waals surface area (Å²) in [6, 6.07) is 13.2. The summed E-state index contributed by atoms with van der Waals surface area (Å²) in [5.41, 5.74) is 4.08. The number of carbonyl (C=O) groups is 2. The van der Waals surface area contributed by atoms with Gasteiger partial charge in [0.15, 0.2) is 0 Å². The van der Waals surface area contributed by atoms with E-state index in [1.54, 1.807) is 0 Å². The van der Waals surface area contributed by atoms with Gasteiger partial charge in [0.1, 0.15) is 6.04 Å². The summed E-state index contributed by atoms with van der Waals surface area (Å²) in [6.07, 6.45) is 0.548. The Labute approximate surface area is 161 Å². The number of rotatable bonds is 4. The van der Waals surface area contributed by atoms with Gasteiger partial charge in [-0.05, 0) is 42.2 Å². The number of nitrogens with one attached hydrogen (secondary N) is 1. The summed E-state index contributed by atoms with van der Waals surface area (Å²) in [6.45, 7) is 2.66. The molecule has 1 aliphatic rings. The molecule has 26 heavy (non-hydrogen) atoms. The van der Waals surface area contributed by atoms with Gasteiger partial charge in [-0.25, -0.2) is 0 Å². The van der Waals surface area contributed by atoms with E-state index in [0.717, 1.165) is 26.9 Å². The number of fused-ring (bicyclic) bond motifs is 1. The van der Waals surface area contributed by atoms with Crippen LogP contribution in [0.25, 0.3) is 0 Å². The van der Waals surface area contributed by atoms with Gasteiger partial charge in [0.2, 0.25) is 5.91 Å². The van der Waals surface area contributed by atoms with E-state index in [-0.39, 0.29) is 18.4 Å². The minimum atomic E-state index is -0.453. The van der Waals surface area contributed by atoms with Gasteiger partial charge >= 0.3 is 5.97 Å². The molecule has 1 heterocycles. The Balaban J connectivity index is 1.74. The van der Waals surface area contributed by atoms with Crippen LogP contribution in [0.4, 0.5) is 5.69 Å². The predicted molar refractivity (Wildman–Crippen MR) is 104 cm³/mol. The zero-order valence-corrected chi connectivity index (χ0v) is 16.4. The highest BCUT2D eigenvalue weighted by Gasteiger charge is 2.33. The molecule has 0 aromatic heterocycles. The number of methoxy groups -OCH3 is 1. The lowest BCUT2D eigenvalue weighted by Crippen LogP contribution is -2.49. The number of hydrogen-bond acceptors (Lipinski definition) is 4. The second kappa shape index (κ2) is 8.01. The molecule has 1 atom stereocenters. The number of amides is 1. The fourth-order valence-electron chi connectivity index (χ4n) is 3.17. The summed E-state index contributed by atoms with van der Waals surface area (Å²) < 4.78 is 5.88. The molecule has 5 nitrogen and oxygen atoms in total. The van der Waals surface area contributed by atoms with Crippen molar-refractivity contribution in [2.45, 2.75) is 25.9 Å². The van der Waals surface area contributed by atoms with E-state index in [0.29, 0.717) is 13.0 Å². The van der Waals surface area contributed by atoms with E-state index < -0.39 is 6.04 Å². The number of benzene rings is 2. The molecule has 1 N–H and O–H groups in total. The highest BCUT2D eigenvalue weighted by atomic mass is 79.9. The Bertz CT molecular complexity index is 838. The van der Waals surface area contributed by atoms with Crippen LogP contribution < -0.4 is 5.32 Å². The quantitative estimate of drug-likeness (QED) is 0.776. The third-order valence-corrected chi connectivity index (χ3v) is 5.48. The Morgan fingerprint density at radius 3 is 2.65 bits per heavy atom. The van der Waals surface area contributed by atoms with Gasteiger partial charge in [-0.1, -0.05) is 46.3 Å². The molecule has 0 spiro atoms. The Hall–Kier alpha value is -2.18. The first-order valence-electron chi connectivity index (χ1n) is 8.42. The molecule has 0 aliphatic carbocycles. The highest BCUT2D eigenvalue weighted by molar-refractivity contribution is 9.10. The average Bonchev–Trinajstić information content (AvgIpc) is 2.63. The van der Waals surface area contributed by atoms with E-state index >= 15 is 0 Å². The number of carbonyl (C=O) groups excluding carboxylic acids is 2. The molecule has 2 aromatic carbocycles. The maximum Gasteiger partial charge on any atom is 0.323 e. The third-order valence-electron chi connectivity index (χ3n) is 4.62. The standard InChI is InChI=1S/C20H21BrN2O3/c1-13-7-8-16(10-17(13)21)22-19(24)12-23-11-15-6-4-3-5-14(15)9-18(23)20(25)26-2/h3-8,10,18H,9,11-12H2,1-2H3,(H,22,24)/t18-/m0/s1. The third kappa shape index (κ3) is 4.14. The summed E-state index contributed by atoms with van der Waals surface area (Å²) in [7, 11) is 1.38. The summed E-state index contributed by atoms with van der Waals surface area (Å²) in [4.78, 5) is 26.6. The van der Waals surface area contributed by atoms with Gasteiger partial charge in [-0.15, -0.1) is 0 Å². The molecule has 2 aromatic rings. The van der Waals surface area contributed by atoms with Crippen LogP contribution in [0, 0.1) is 6.92 Å². The van der Waals surface area contributed by atoms with E-state index in [1.807, 2.05) is 54.3 Å². The van der Waals surface area contributed by atoms with Gasteiger partial charge in [-0.2, -0.15) is 0 Å². The van der Waals surface area contributed by atoms with Crippen LogP contribution in [0.3, 0.4) is 0 Å². The lowest BCUT2D eigenvalue weighted by atomic mass is 9.94. The van der Waals surface area contributed by atoms with Gasteiger partial charge in [-0.3, -0.25) is 14.5 Å². The fraction of sp³-hybridized carbons (Fsp3) is 0.300. The molecule has 0 bridgehead atoms. The van der Waals surface area contributed by atoms with Gasteiger partial charge in [0.05, 0.1) is 13.7 Å². The number of aryl methyl sites for hydroxylation is 1. The Morgan fingerprint density at radius 1 is 1.23 bits per heavy atom. The molecule has 0 saturated heterocycles. The SMILES string of the molecule is COC(=O)[C@@H]1Cc2ccccc2CN1CC(=O)Nc1ccc(C)c(Br)c1. The Kier molecular flexibility index (Phi) is 5.74. The lowest BCUT2D eigenvalue weighted by molar-refractivity contribution is -0.148. The average molecular weight is 417 g/mol. The van der Waals surface area contributed by atoms with Gasteiger partial charge < -0.3 is 10.1 Å². The molecule has 1 amide bonds. The number of nitrogens with zero attached hydrogens (tertiary/aromatic N) is 1. The Morgan fingerprint density at radius 2 is 1.96 bits per heavy atom. The van der Waals surface area contributed by atoms with Crippen molar-refractivity contribution >= 4 is 33.5 Å². The molecule has 0 radical (unpaired) electrons. The zero-order chi connectivity index (χ0) is 18.7. The van der Waals surface area contributed by atoms with Crippen LogP contribution >= 0.6 is 15.9 Å². The summed E-state index contributed by atoms with van der Waals surface area (Å²) in [5, 5.41) is 2.90. The molecule has 6 heteroatoms. The highest BCUT2D eigenvalue weighted by Crippen LogP contribution is 2.24. The fourth-order valence-corrected chi connectivity index (χ4v) is 3.55. The summed E-state index contributed by atoms with van der Waals surface area (Å²) in [5.74, 6) is -0.473. The topological polar surface area (TPSA) is 58.6 Å². The van der Waals surface area contributed by atoms with Gasteiger partial charge in [0, 0.05) is 16.7 Å². The van der Waals surface area contributed by atoms with Crippen LogP contribution in [0.5, 0.6) is 0 Å². The van der Waals surface area contributed by atoms with Crippen molar-refractivity contribution in [3.8, 4) is 0 Å². The van der Waals surface area contributed by atoms with Crippen molar-refractivity contribution in [2.75, 3.05) is 19.0 Å². The molecule has 0 fully saturated rings. The maximum absolute atomic E-state index is 12.5. The minimum absolute atomic E-state index is 0.125. The minimum Gasteiger partial charge on any atom is -0.468 e. The van der Waals surface area contributed by atoms with Crippen molar-refractivity contribution in [3.05, 3.63) is 63.6 Å². The monoisotopic (exact) mass is 416 g/mol. The van der Waals surface area contributed by atoms with Crippen LogP contribution in [0.2, 0.25) is 0 Å². The molecule has 0 unspecified atom stereocenters. The molecular formula is C20H21BrN2O3. The van der Waals surface area contributed by atoms with Crippen LogP contribution in [0.1, 0.15) is 16.7 Å². The normalized spacial score (nSPS) is 16.7. The van der Waals surface area contributed by atoms with Crippen molar-refractivity contribution in [2.24, 2.45) is 0 Å². The van der Waals surface area contributed by atoms with E-state index in [1.165, 1.54) is 7.11 Å². The lowest BCUT2D eigenvalue weighted by Gasteiger charge is -2.34. The predicted octanol–water partition coefficient (Wildman–Crippen LogP) is 3.30. The van der Waals surface area contributed by atoms with Gasteiger partial charge in [0.25, 0.3) is 0 Å². The maximum atomic E-state index is 12.5. The smallest absolute Gasteiger partial charge is 0.323 e. The number of hydrogen-bond donors (Lipinski definition) is 1. The first-order valence-corrected chi connectivity index (χ1v) is 9.22. The van der Waals surface area contributed by atoms with Crippen LogP contribution in [-0.2, 0) is 27.3 Å². The van der Waals surface area contributed by atoms with E-state index in [4.69, 9.17) is 4.74 Å². The van der Waals surface area contributed by atoms with Crippen LogP contribution in [0.15, 0.2) is 46.9 Å². The van der Waals surface area contributed by atoms with Crippen molar-refractivity contribution in [1.29, 1.82) is 0 Å². The summed E-state index contributed by atoms with van der Waals surface area (Å²) >= 11 is 3.47. The molecular weight excluding hydrogens is 396 g/mol. The largest absolute Gasteiger partial charge is 0.468 e. The number of esters is 1. The van der Waals surface area contributed by atoms with Crippen LogP contribution in [-0.4, -0.2) is 36.5 Å². The molecule has 136 valence electrons. The second-order valence-corrected chi connectivity index (χ2v) is 7.28. The molecule has 0 saturated carbocycles.